The van der Waals surface area contributed by atoms with Crippen LogP contribution in [0.3, 0.4) is 0 Å². The summed E-state index contributed by atoms with van der Waals surface area (Å²) in [4.78, 5) is 15.1. The Bertz CT molecular complexity index is 1270. The van der Waals surface area contributed by atoms with Gasteiger partial charge < -0.3 is 24.8 Å². The Labute approximate surface area is 218 Å². The Morgan fingerprint density at radius 3 is 2.35 bits per heavy atom. The van der Waals surface area contributed by atoms with Crippen molar-refractivity contribution < 1.29 is 27.4 Å². The molecular weight excluding hydrogens is 496 g/mol. The number of ether oxygens (including phenoxy) is 3. The van der Waals surface area contributed by atoms with E-state index in [4.69, 9.17) is 14.2 Å². The van der Waals surface area contributed by atoms with E-state index in [0.29, 0.717) is 61.2 Å². The third kappa shape index (κ3) is 6.00. The number of carbonyl (C=O) groups excluding carboxylic acids is 1. The summed E-state index contributed by atoms with van der Waals surface area (Å²) in [6.45, 7) is 5.87. The van der Waals surface area contributed by atoms with Crippen molar-refractivity contribution in [2.24, 2.45) is 0 Å². The molecule has 0 aliphatic carbocycles. The Morgan fingerprint density at radius 1 is 1.11 bits per heavy atom. The summed E-state index contributed by atoms with van der Waals surface area (Å²) in [5.74, 6) is 0.860. The molecule has 1 fully saturated rings. The molecule has 2 N–H and O–H groups in total. The van der Waals surface area contributed by atoms with Gasteiger partial charge in [0.25, 0.3) is 5.91 Å². The van der Waals surface area contributed by atoms with Crippen molar-refractivity contribution in [1.82, 2.24) is 4.90 Å². The molecule has 2 aromatic rings. The predicted octanol–water partition coefficient (Wildman–Crippen LogP) is 2.99. The van der Waals surface area contributed by atoms with Crippen LogP contribution in [0, 0.1) is 0 Å². The molecule has 0 atom stereocenters. The molecule has 2 aromatic carbocycles. The fraction of sp³-hybridized carbons (Fsp3) is 0.423. The summed E-state index contributed by atoms with van der Waals surface area (Å²) in [6, 6.07) is 10.7. The number of methoxy groups -OCH3 is 2. The van der Waals surface area contributed by atoms with Crippen LogP contribution in [0.2, 0.25) is 0 Å². The zero-order valence-electron chi connectivity index (χ0n) is 21.7. The molecule has 1 amide bonds. The minimum Gasteiger partial charge on any atom is -0.493 e. The second kappa shape index (κ2) is 11.4. The highest BCUT2D eigenvalue weighted by atomic mass is 32.2. The number of fused-ring (bicyclic) bond motifs is 1. The molecule has 0 bridgehead atoms. The Kier molecular flexibility index (Phi) is 8.25. The van der Waals surface area contributed by atoms with E-state index < -0.39 is 10.0 Å². The Balaban J connectivity index is 1.56. The van der Waals surface area contributed by atoms with Crippen molar-refractivity contribution in [3.05, 3.63) is 47.7 Å². The number of amides is 1. The van der Waals surface area contributed by atoms with Gasteiger partial charge in [0.1, 0.15) is 0 Å². The first-order chi connectivity index (χ1) is 17.7. The molecule has 0 spiro atoms. The zero-order chi connectivity index (χ0) is 26.6. The molecule has 2 aliphatic rings. The van der Waals surface area contributed by atoms with Gasteiger partial charge in [0.15, 0.2) is 11.5 Å². The smallest absolute Gasteiger partial charge is 0.258 e. The first kappa shape index (κ1) is 26.8. The highest BCUT2D eigenvalue weighted by molar-refractivity contribution is 7.92. The number of hydrogen-bond donors (Lipinski definition) is 2. The number of sulfonamides is 1. The Hall–Kier alpha value is -3.28. The van der Waals surface area contributed by atoms with Gasteiger partial charge in [-0.05, 0) is 36.8 Å². The lowest BCUT2D eigenvalue weighted by Gasteiger charge is -2.30. The lowest BCUT2D eigenvalue weighted by atomic mass is 10.0. The lowest BCUT2D eigenvalue weighted by Crippen LogP contribution is -2.43. The van der Waals surface area contributed by atoms with Crippen molar-refractivity contribution in [2.75, 3.05) is 74.8 Å². The van der Waals surface area contributed by atoms with E-state index in [1.165, 1.54) is 10.6 Å². The molecule has 2 heterocycles. The fourth-order valence-corrected chi connectivity index (χ4v) is 5.47. The minimum absolute atomic E-state index is 0.211. The number of allylic oxidation sites excluding steroid dienone is 1. The zero-order valence-corrected chi connectivity index (χ0v) is 22.5. The number of anilines is 3. The molecule has 0 radical (unpaired) electrons. The number of nitrogens with zero attached hydrogens (tertiary/aromatic N) is 2. The summed E-state index contributed by atoms with van der Waals surface area (Å²) in [5.41, 5.74) is 4.00. The quantitative estimate of drug-likeness (QED) is 0.452. The van der Waals surface area contributed by atoms with Gasteiger partial charge in [-0.1, -0.05) is 6.92 Å². The van der Waals surface area contributed by atoms with E-state index in [1.54, 1.807) is 38.5 Å². The summed E-state index contributed by atoms with van der Waals surface area (Å²) >= 11 is 0. The second-order valence-electron chi connectivity index (χ2n) is 8.88. The maximum absolute atomic E-state index is 12.9. The molecule has 11 heteroatoms. The van der Waals surface area contributed by atoms with E-state index in [1.807, 2.05) is 19.1 Å². The van der Waals surface area contributed by atoms with Crippen molar-refractivity contribution >= 4 is 38.6 Å². The van der Waals surface area contributed by atoms with Crippen LogP contribution in [-0.2, 0) is 19.6 Å². The van der Waals surface area contributed by atoms with Gasteiger partial charge in [0, 0.05) is 49.2 Å². The largest absolute Gasteiger partial charge is 0.493 e. The van der Waals surface area contributed by atoms with E-state index in [2.05, 4.69) is 15.5 Å². The van der Waals surface area contributed by atoms with Crippen LogP contribution < -0.4 is 24.4 Å². The average molecular weight is 531 g/mol. The fourth-order valence-electron chi connectivity index (χ4n) is 4.55. The number of morpholine rings is 1. The van der Waals surface area contributed by atoms with Crippen LogP contribution in [0.5, 0.6) is 11.5 Å². The second-order valence-corrected chi connectivity index (χ2v) is 10.8. The van der Waals surface area contributed by atoms with Gasteiger partial charge in [-0.3, -0.25) is 14.0 Å². The topological polar surface area (TPSA) is 109 Å². The minimum atomic E-state index is -3.45. The van der Waals surface area contributed by atoms with Gasteiger partial charge in [-0.2, -0.15) is 0 Å². The van der Waals surface area contributed by atoms with Crippen LogP contribution in [0.1, 0.15) is 18.9 Å². The van der Waals surface area contributed by atoms with Crippen molar-refractivity contribution in [1.29, 1.82) is 0 Å². The van der Waals surface area contributed by atoms with Gasteiger partial charge in [0.2, 0.25) is 10.0 Å². The summed E-state index contributed by atoms with van der Waals surface area (Å²) in [6.07, 6.45) is 1.80. The normalized spacial score (nSPS) is 17.1. The Morgan fingerprint density at radius 2 is 1.76 bits per heavy atom. The monoisotopic (exact) mass is 530 g/mol. The van der Waals surface area contributed by atoms with Gasteiger partial charge >= 0.3 is 0 Å². The SMILES string of the molecule is CCC(Nc1ccc(N(CCN2CCOCC2)S(C)(=O)=O)cc1)=C1C(=O)Nc2cc(OC)c(OC)cc21. The summed E-state index contributed by atoms with van der Waals surface area (Å²) in [7, 11) is -0.351. The van der Waals surface area contributed by atoms with Gasteiger partial charge in [-0.15, -0.1) is 0 Å². The van der Waals surface area contributed by atoms with Crippen molar-refractivity contribution in [2.45, 2.75) is 13.3 Å². The average Bonchev–Trinajstić information content (AvgIpc) is 3.21. The standard InChI is InChI=1S/C26H34N4O6S/c1-5-21(25-20-16-23(34-2)24(35-3)17-22(20)28-26(25)31)27-18-6-8-19(9-7-18)30(37(4,32)33)11-10-29-12-14-36-15-13-29/h6-9,16-17,27H,5,10-15H2,1-4H3,(H,28,31). The van der Waals surface area contributed by atoms with Crippen LogP contribution in [0.15, 0.2) is 42.1 Å². The van der Waals surface area contributed by atoms with E-state index in [9.17, 15) is 13.2 Å². The molecule has 37 heavy (non-hydrogen) atoms. The van der Waals surface area contributed by atoms with Crippen LogP contribution in [0.25, 0.3) is 5.57 Å². The van der Waals surface area contributed by atoms with Crippen LogP contribution in [0.4, 0.5) is 17.1 Å². The van der Waals surface area contributed by atoms with Crippen molar-refractivity contribution in [3.8, 4) is 11.5 Å². The predicted molar refractivity (Wildman–Crippen MR) is 145 cm³/mol. The number of nitrogens with one attached hydrogen (secondary N) is 2. The molecule has 10 nitrogen and oxygen atoms in total. The number of carbonyl (C=O) groups is 1. The van der Waals surface area contributed by atoms with E-state index >= 15 is 0 Å². The highest BCUT2D eigenvalue weighted by Crippen LogP contribution is 2.42. The summed E-state index contributed by atoms with van der Waals surface area (Å²) < 4.78 is 42.7. The molecular formula is C26H34N4O6S. The third-order valence-electron chi connectivity index (χ3n) is 6.50. The molecule has 2 aliphatic heterocycles. The van der Waals surface area contributed by atoms with E-state index in [0.717, 1.165) is 30.0 Å². The first-order valence-electron chi connectivity index (χ1n) is 12.2. The van der Waals surface area contributed by atoms with Gasteiger partial charge in [-0.25, -0.2) is 8.42 Å². The molecule has 0 aromatic heterocycles. The number of benzene rings is 2. The summed E-state index contributed by atoms with van der Waals surface area (Å²) in [5, 5.41) is 6.25. The molecule has 200 valence electrons. The molecule has 4 rings (SSSR count). The van der Waals surface area contributed by atoms with Crippen LogP contribution >= 0.6 is 0 Å². The van der Waals surface area contributed by atoms with Crippen LogP contribution in [-0.4, -0.2) is 79.1 Å². The van der Waals surface area contributed by atoms with E-state index in [-0.39, 0.29) is 5.91 Å². The first-order valence-corrected chi connectivity index (χ1v) is 14.1. The molecule has 1 saturated heterocycles. The third-order valence-corrected chi connectivity index (χ3v) is 7.69. The maximum Gasteiger partial charge on any atom is 0.258 e. The highest BCUT2D eigenvalue weighted by Gasteiger charge is 2.29. The number of hydrogen-bond acceptors (Lipinski definition) is 8. The molecule has 0 saturated carbocycles. The maximum atomic E-state index is 12.9. The van der Waals surface area contributed by atoms with Gasteiger partial charge in [0.05, 0.1) is 50.6 Å². The lowest BCUT2D eigenvalue weighted by molar-refractivity contribution is -0.110. The number of rotatable bonds is 10. The van der Waals surface area contributed by atoms with Crippen molar-refractivity contribution in [3.63, 3.8) is 0 Å². The molecule has 0 unspecified atom stereocenters.